The van der Waals surface area contributed by atoms with E-state index >= 15 is 0 Å². The highest BCUT2D eigenvalue weighted by atomic mass is 16.3. The van der Waals surface area contributed by atoms with Crippen molar-refractivity contribution >= 4 is 6.29 Å². The molecule has 82 valence electrons. The molecule has 3 heteroatoms. The van der Waals surface area contributed by atoms with Gasteiger partial charge in [0.05, 0.1) is 11.6 Å². The van der Waals surface area contributed by atoms with Crippen LogP contribution in [0.2, 0.25) is 0 Å². The van der Waals surface area contributed by atoms with Crippen LogP contribution in [0.4, 0.5) is 0 Å². The maximum atomic E-state index is 10.8. The fourth-order valence-electron chi connectivity index (χ4n) is 1.92. The third kappa shape index (κ3) is 3.07. The van der Waals surface area contributed by atoms with E-state index in [2.05, 4.69) is 4.90 Å². The SMILES string of the molecule is CCC(C)(O)CN1CCCCC1C=O. The van der Waals surface area contributed by atoms with Gasteiger partial charge in [-0.1, -0.05) is 13.3 Å². The normalized spacial score (nSPS) is 28.4. The molecule has 1 rings (SSSR count). The number of aldehydes is 1. The molecule has 2 atom stereocenters. The molecule has 3 nitrogen and oxygen atoms in total. The Bertz CT molecular complexity index is 192. The van der Waals surface area contributed by atoms with Gasteiger partial charge in [0.2, 0.25) is 0 Å². The Kier molecular flexibility index (Phi) is 4.08. The molecule has 0 radical (unpaired) electrons. The van der Waals surface area contributed by atoms with Gasteiger partial charge in [-0.25, -0.2) is 0 Å². The number of nitrogens with zero attached hydrogens (tertiary/aromatic N) is 1. The highest BCUT2D eigenvalue weighted by Gasteiger charge is 2.28. The average Bonchev–Trinajstić information content (AvgIpc) is 2.18. The first-order chi connectivity index (χ1) is 6.59. The summed E-state index contributed by atoms with van der Waals surface area (Å²) in [7, 11) is 0. The van der Waals surface area contributed by atoms with Crippen LogP contribution in [0.5, 0.6) is 0 Å². The Balaban J connectivity index is 2.52. The van der Waals surface area contributed by atoms with E-state index in [1.807, 2.05) is 13.8 Å². The molecule has 0 aromatic heterocycles. The van der Waals surface area contributed by atoms with Crippen LogP contribution in [0.25, 0.3) is 0 Å². The number of β-amino-alcohol motifs (C(OH)–C–C–N with tert-alkyl or cyclic N) is 1. The molecule has 0 saturated carbocycles. The lowest BCUT2D eigenvalue weighted by molar-refractivity contribution is -0.115. The fourth-order valence-corrected chi connectivity index (χ4v) is 1.92. The minimum atomic E-state index is -0.654. The second kappa shape index (κ2) is 4.89. The van der Waals surface area contributed by atoms with Crippen LogP contribution in [0.15, 0.2) is 0 Å². The van der Waals surface area contributed by atoms with E-state index in [0.29, 0.717) is 6.54 Å². The minimum Gasteiger partial charge on any atom is -0.389 e. The van der Waals surface area contributed by atoms with Gasteiger partial charge in [0.1, 0.15) is 6.29 Å². The van der Waals surface area contributed by atoms with Crippen molar-refractivity contribution in [3.05, 3.63) is 0 Å². The van der Waals surface area contributed by atoms with Crippen LogP contribution in [-0.4, -0.2) is 41.0 Å². The van der Waals surface area contributed by atoms with Crippen molar-refractivity contribution in [2.45, 2.75) is 51.2 Å². The molecule has 0 bridgehead atoms. The van der Waals surface area contributed by atoms with Crippen LogP contribution in [0.1, 0.15) is 39.5 Å². The van der Waals surface area contributed by atoms with Crippen LogP contribution < -0.4 is 0 Å². The molecule has 1 fully saturated rings. The molecular formula is C11H21NO2. The molecule has 2 unspecified atom stereocenters. The number of carbonyl (C=O) groups excluding carboxylic acids is 1. The van der Waals surface area contributed by atoms with E-state index in [1.165, 1.54) is 0 Å². The van der Waals surface area contributed by atoms with Crippen molar-refractivity contribution in [1.82, 2.24) is 4.90 Å². The molecule has 1 heterocycles. The van der Waals surface area contributed by atoms with E-state index in [1.54, 1.807) is 0 Å². The summed E-state index contributed by atoms with van der Waals surface area (Å²) in [6.07, 6.45) is 4.97. The van der Waals surface area contributed by atoms with E-state index in [4.69, 9.17) is 0 Å². The Labute approximate surface area is 86.1 Å². The first kappa shape index (κ1) is 11.7. The first-order valence-corrected chi connectivity index (χ1v) is 5.51. The van der Waals surface area contributed by atoms with Gasteiger partial charge in [0.15, 0.2) is 0 Å². The summed E-state index contributed by atoms with van der Waals surface area (Å²) in [6, 6.07) is 0.0294. The van der Waals surface area contributed by atoms with E-state index in [-0.39, 0.29) is 6.04 Å². The van der Waals surface area contributed by atoms with Gasteiger partial charge in [-0.05, 0) is 32.7 Å². The number of hydrogen-bond donors (Lipinski definition) is 1. The van der Waals surface area contributed by atoms with Gasteiger partial charge in [0.25, 0.3) is 0 Å². The zero-order valence-corrected chi connectivity index (χ0v) is 9.20. The molecule has 1 N–H and O–H groups in total. The Morgan fingerprint density at radius 1 is 1.57 bits per heavy atom. The van der Waals surface area contributed by atoms with Crippen LogP contribution in [0.3, 0.4) is 0 Å². The second-order valence-electron chi connectivity index (χ2n) is 4.52. The molecule has 0 aliphatic carbocycles. The molecule has 0 spiro atoms. The van der Waals surface area contributed by atoms with E-state index in [0.717, 1.165) is 38.5 Å². The first-order valence-electron chi connectivity index (χ1n) is 5.51. The number of aliphatic hydroxyl groups is 1. The molecule has 1 saturated heterocycles. The third-order valence-electron chi connectivity index (χ3n) is 3.13. The average molecular weight is 199 g/mol. The summed E-state index contributed by atoms with van der Waals surface area (Å²) < 4.78 is 0. The topological polar surface area (TPSA) is 40.5 Å². The molecule has 0 amide bonds. The van der Waals surface area contributed by atoms with Crippen LogP contribution >= 0.6 is 0 Å². The van der Waals surface area contributed by atoms with Crippen LogP contribution in [0, 0.1) is 0 Å². The number of carbonyl (C=O) groups is 1. The summed E-state index contributed by atoms with van der Waals surface area (Å²) in [4.78, 5) is 12.9. The number of hydrogen-bond acceptors (Lipinski definition) is 3. The molecular weight excluding hydrogens is 178 g/mol. The van der Waals surface area contributed by atoms with Crippen molar-refractivity contribution in [3.63, 3.8) is 0 Å². The summed E-state index contributed by atoms with van der Waals surface area (Å²) in [5.74, 6) is 0. The van der Waals surface area contributed by atoms with Gasteiger partial charge < -0.3 is 9.90 Å². The standard InChI is InChI=1S/C11H21NO2/c1-3-11(2,14)9-12-7-5-4-6-10(12)8-13/h8,10,14H,3-7,9H2,1-2H3. The quantitative estimate of drug-likeness (QED) is 0.692. The maximum Gasteiger partial charge on any atom is 0.137 e. The van der Waals surface area contributed by atoms with Gasteiger partial charge >= 0.3 is 0 Å². The predicted octanol–water partition coefficient (Wildman–Crippen LogP) is 1.20. The second-order valence-corrected chi connectivity index (χ2v) is 4.52. The summed E-state index contributed by atoms with van der Waals surface area (Å²) >= 11 is 0. The fraction of sp³-hybridized carbons (Fsp3) is 0.909. The molecule has 1 aliphatic heterocycles. The molecule has 0 aromatic carbocycles. The van der Waals surface area contributed by atoms with Crippen molar-refractivity contribution in [3.8, 4) is 0 Å². The van der Waals surface area contributed by atoms with Gasteiger partial charge in [0, 0.05) is 6.54 Å². The van der Waals surface area contributed by atoms with Crippen molar-refractivity contribution < 1.29 is 9.90 Å². The lowest BCUT2D eigenvalue weighted by Gasteiger charge is -2.37. The zero-order chi connectivity index (χ0) is 10.6. The van der Waals surface area contributed by atoms with E-state index in [9.17, 15) is 9.90 Å². The van der Waals surface area contributed by atoms with Crippen molar-refractivity contribution in [1.29, 1.82) is 0 Å². The minimum absolute atomic E-state index is 0.0294. The largest absolute Gasteiger partial charge is 0.389 e. The summed E-state index contributed by atoms with van der Waals surface area (Å²) in [5, 5.41) is 9.93. The molecule has 1 aliphatic rings. The predicted molar refractivity (Wildman–Crippen MR) is 56.2 cm³/mol. The van der Waals surface area contributed by atoms with Crippen molar-refractivity contribution in [2.24, 2.45) is 0 Å². The maximum absolute atomic E-state index is 10.8. The highest BCUT2D eigenvalue weighted by molar-refractivity contribution is 5.57. The highest BCUT2D eigenvalue weighted by Crippen LogP contribution is 2.19. The van der Waals surface area contributed by atoms with Crippen LogP contribution in [-0.2, 0) is 4.79 Å². The van der Waals surface area contributed by atoms with Gasteiger partial charge in [-0.15, -0.1) is 0 Å². The number of piperidine rings is 1. The van der Waals surface area contributed by atoms with E-state index < -0.39 is 5.60 Å². The Morgan fingerprint density at radius 2 is 2.29 bits per heavy atom. The summed E-state index contributed by atoms with van der Waals surface area (Å²) in [5.41, 5.74) is -0.654. The monoisotopic (exact) mass is 199 g/mol. The number of likely N-dealkylation sites (tertiary alicyclic amines) is 1. The number of rotatable bonds is 4. The molecule has 0 aromatic rings. The zero-order valence-electron chi connectivity index (χ0n) is 9.20. The Hall–Kier alpha value is -0.410. The summed E-state index contributed by atoms with van der Waals surface area (Å²) in [6.45, 7) is 5.37. The molecule has 14 heavy (non-hydrogen) atoms. The lowest BCUT2D eigenvalue weighted by atomic mass is 9.97. The van der Waals surface area contributed by atoms with Gasteiger partial charge in [-0.2, -0.15) is 0 Å². The van der Waals surface area contributed by atoms with Crippen molar-refractivity contribution in [2.75, 3.05) is 13.1 Å². The lowest BCUT2D eigenvalue weighted by Crippen LogP contribution is -2.48. The smallest absolute Gasteiger partial charge is 0.137 e. The van der Waals surface area contributed by atoms with Gasteiger partial charge in [-0.3, -0.25) is 4.90 Å². The third-order valence-corrected chi connectivity index (χ3v) is 3.13. The Morgan fingerprint density at radius 3 is 2.86 bits per heavy atom.